The Balaban J connectivity index is 2.31. The topological polar surface area (TPSA) is 86.7 Å². The number of nitrogens with zero attached hydrogens (tertiary/aromatic N) is 1. The van der Waals surface area contributed by atoms with Crippen LogP contribution in [-0.2, 0) is 20.6 Å². The van der Waals surface area contributed by atoms with Crippen LogP contribution in [0.1, 0.15) is 17.2 Å². The molecule has 136 valence electrons. The van der Waals surface area contributed by atoms with Crippen molar-refractivity contribution in [3.8, 4) is 0 Å². The van der Waals surface area contributed by atoms with E-state index in [0.717, 1.165) is 22.7 Å². The normalized spacial score (nSPS) is 18.0. The van der Waals surface area contributed by atoms with Crippen LogP contribution in [0.15, 0.2) is 24.3 Å². The van der Waals surface area contributed by atoms with E-state index < -0.39 is 35.6 Å². The van der Waals surface area contributed by atoms with Gasteiger partial charge in [0, 0.05) is 13.1 Å². The minimum Gasteiger partial charge on any atom is -0.481 e. The van der Waals surface area contributed by atoms with E-state index in [9.17, 15) is 27.6 Å². The molecule has 0 spiro atoms. The van der Waals surface area contributed by atoms with Crippen molar-refractivity contribution in [2.45, 2.75) is 12.2 Å². The highest BCUT2D eigenvalue weighted by Gasteiger charge is 2.41. The van der Waals surface area contributed by atoms with E-state index in [4.69, 9.17) is 5.11 Å². The van der Waals surface area contributed by atoms with Crippen LogP contribution in [0.25, 0.3) is 0 Å². The molecule has 1 aliphatic heterocycles. The third kappa shape index (κ3) is 4.65. The number of aliphatic carboxylic acids is 1. The lowest BCUT2D eigenvalue weighted by Gasteiger charge is -2.36. The number of carbonyl (C=O) groups excluding carboxylic acids is 2. The first-order valence-electron chi connectivity index (χ1n) is 7.24. The van der Waals surface area contributed by atoms with E-state index in [2.05, 4.69) is 5.32 Å². The maximum Gasteiger partial charge on any atom is 0.416 e. The van der Waals surface area contributed by atoms with Crippen molar-refractivity contribution < 1.29 is 32.7 Å². The predicted octanol–water partition coefficient (Wildman–Crippen LogP) is 1.52. The summed E-state index contributed by atoms with van der Waals surface area (Å²) in [5, 5.41) is 11.1. The van der Waals surface area contributed by atoms with Gasteiger partial charge in [-0.2, -0.15) is 13.2 Å². The summed E-state index contributed by atoms with van der Waals surface area (Å²) in [6.07, 6.45) is -4.67. The molecule has 10 heteroatoms. The lowest BCUT2D eigenvalue weighted by atomic mass is 9.96. The van der Waals surface area contributed by atoms with Gasteiger partial charge in [0.15, 0.2) is 0 Å². The Morgan fingerprint density at radius 2 is 1.96 bits per heavy atom. The van der Waals surface area contributed by atoms with Crippen LogP contribution in [0.5, 0.6) is 0 Å². The summed E-state index contributed by atoms with van der Waals surface area (Å²) in [5.74, 6) is -2.92. The first kappa shape index (κ1) is 19.1. The number of piperazine rings is 1. The highest BCUT2D eigenvalue weighted by Crippen LogP contribution is 2.37. The number of rotatable bonds is 5. The Hall–Kier alpha value is -2.23. The van der Waals surface area contributed by atoms with E-state index in [1.807, 2.05) is 0 Å². The monoisotopic (exact) mass is 376 g/mol. The average molecular weight is 376 g/mol. The molecule has 1 fully saturated rings. The number of halogens is 3. The zero-order valence-corrected chi connectivity index (χ0v) is 13.7. The maximum atomic E-state index is 13.2. The van der Waals surface area contributed by atoms with Crippen LogP contribution in [0.3, 0.4) is 0 Å². The molecular weight excluding hydrogens is 361 g/mol. The number of hydrogen-bond donors (Lipinski definition) is 2. The first-order chi connectivity index (χ1) is 11.7. The number of thioether (sulfide) groups is 1. The van der Waals surface area contributed by atoms with Crippen molar-refractivity contribution in [1.29, 1.82) is 0 Å². The third-order valence-electron chi connectivity index (χ3n) is 3.54. The second-order valence-corrected chi connectivity index (χ2v) is 6.24. The van der Waals surface area contributed by atoms with Gasteiger partial charge in [-0.3, -0.25) is 14.4 Å². The van der Waals surface area contributed by atoms with Gasteiger partial charge in [0.05, 0.1) is 17.1 Å². The molecule has 25 heavy (non-hydrogen) atoms. The highest BCUT2D eigenvalue weighted by molar-refractivity contribution is 8.00. The SMILES string of the molecule is O=C(O)CSCC(=O)N1CCNC(=O)C1c1ccccc1C(F)(F)F. The van der Waals surface area contributed by atoms with Crippen LogP contribution in [0.4, 0.5) is 13.2 Å². The number of alkyl halides is 3. The van der Waals surface area contributed by atoms with E-state index in [1.165, 1.54) is 18.2 Å². The largest absolute Gasteiger partial charge is 0.481 e. The molecule has 1 aromatic rings. The van der Waals surface area contributed by atoms with E-state index in [0.29, 0.717) is 0 Å². The Bertz CT molecular complexity index is 681. The fraction of sp³-hybridized carbons (Fsp3) is 0.400. The van der Waals surface area contributed by atoms with Crippen LogP contribution in [0, 0.1) is 0 Å². The summed E-state index contributed by atoms with van der Waals surface area (Å²) in [4.78, 5) is 36.1. The smallest absolute Gasteiger partial charge is 0.416 e. The first-order valence-corrected chi connectivity index (χ1v) is 8.40. The van der Waals surface area contributed by atoms with Crippen LogP contribution in [-0.4, -0.2) is 52.4 Å². The summed E-state index contributed by atoms with van der Waals surface area (Å²) < 4.78 is 39.7. The lowest BCUT2D eigenvalue weighted by molar-refractivity contribution is -0.145. The second kappa shape index (κ2) is 7.77. The van der Waals surface area contributed by atoms with Gasteiger partial charge >= 0.3 is 12.1 Å². The molecule has 0 aliphatic carbocycles. The van der Waals surface area contributed by atoms with E-state index in [1.54, 1.807) is 0 Å². The number of carbonyl (C=O) groups is 3. The molecule has 6 nitrogen and oxygen atoms in total. The van der Waals surface area contributed by atoms with Crippen LogP contribution >= 0.6 is 11.8 Å². The summed E-state index contributed by atoms with van der Waals surface area (Å²) in [7, 11) is 0. The molecule has 1 aliphatic rings. The zero-order valence-electron chi connectivity index (χ0n) is 12.9. The van der Waals surface area contributed by atoms with E-state index >= 15 is 0 Å². The number of nitrogens with one attached hydrogen (secondary N) is 1. The fourth-order valence-electron chi connectivity index (χ4n) is 2.55. The van der Waals surface area contributed by atoms with Gasteiger partial charge in [-0.1, -0.05) is 18.2 Å². The highest BCUT2D eigenvalue weighted by atomic mass is 32.2. The molecule has 0 aromatic heterocycles. The number of hydrogen-bond acceptors (Lipinski definition) is 4. The molecule has 0 bridgehead atoms. The van der Waals surface area contributed by atoms with Crippen molar-refractivity contribution in [3.05, 3.63) is 35.4 Å². The van der Waals surface area contributed by atoms with Gasteiger partial charge in [-0.05, 0) is 11.6 Å². The molecule has 1 atom stereocenters. The molecule has 1 aromatic carbocycles. The van der Waals surface area contributed by atoms with Gasteiger partial charge in [0.2, 0.25) is 11.8 Å². The van der Waals surface area contributed by atoms with Gasteiger partial charge in [0.1, 0.15) is 6.04 Å². The van der Waals surface area contributed by atoms with Gasteiger partial charge in [-0.15, -0.1) is 11.8 Å². The number of amides is 2. The van der Waals surface area contributed by atoms with Crippen molar-refractivity contribution >= 4 is 29.5 Å². The number of carboxylic acid groups (broad SMARTS) is 1. The molecule has 1 unspecified atom stereocenters. The number of carboxylic acids is 1. The summed E-state index contributed by atoms with van der Waals surface area (Å²) in [6, 6.07) is 3.21. The third-order valence-corrected chi connectivity index (χ3v) is 4.45. The lowest BCUT2D eigenvalue weighted by Crippen LogP contribution is -2.53. The summed E-state index contributed by atoms with van der Waals surface area (Å²) >= 11 is 0.827. The van der Waals surface area contributed by atoms with Crippen molar-refractivity contribution in [1.82, 2.24) is 10.2 Å². The second-order valence-electron chi connectivity index (χ2n) is 5.25. The van der Waals surface area contributed by atoms with Gasteiger partial charge in [-0.25, -0.2) is 0 Å². The molecule has 1 heterocycles. The summed E-state index contributed by atoms with van der Waals surface area (Å²) in [5.41, 5.74) is -1.28. The molecule has 2 N–H and O–H groups in total. The maximum absolute atomic E-state index is 13.2. The Morgan fingerprint density at radius 1 is 1.28 bits per heavy atom. The standard InChI is InChI=1S/C15H15F3N2O4S/c16-15(17,18)10-4-2-1-3-9(10)13-14(24)19-5-6-20(13)11(21)7-25-8-12(22)23/h1-4,13H,5-8H2,(H,19,24)(H,22,23). The Labute approximate surface area is 145 Å². The van der Waals surface area contributed by atoms with E-state index in [-0.39, 0.29) is 30.2 Å². The van der Waals surface area contributed by atoms with Crippen molar-refractivity contribution in [2.75, 3.05) is 24.6 Å². The quantitative estimate of drug-likeness (QED) is 0.814. The van der Waals surface area contributed by atoms with Crippen LogP contribution in [0.2, 0.25) is 0 Å². The minimum absolute atomic E-state index is 0.0507. The molecular formula is C15H15F3N2O4S. The summed E-state index contributed by atoms with van der Waals surface area (Å²) in [6.45, 7) is 0.175. The molecule has 2 rings (SSSR count). The predicted molar refractivity (Wildman–Crippen MR) is 83.9 cm³/mol. The van der Waals surface area contributed by atoms with Crippen molar-refractivity contribution in [3.63, 3.8) is 0 Å². The Morgan fingerprint density at radius 3 is 2.60 bits per heavy atom. The number of benzene rings is 1. The minimum atomic E-state index is -4.67. The van der Waals surface area contributed by atoms with Gasteiger partial charge < -0.3 is 15.3 Å². The van der Waals surface area contributed by atoms with Gasteiger partial charge in [0.25, 0.3) is 0 Å². The molecule has 0 radical (unpaired) electrons. The average Bonchev–Trinajstić information content (AvgIpc) is 2.53. The Kier molecular flexibility index (Phi) is 5.93. The zero-order chi connectivity index (χ0) is 18.6. The molecule has 2 amide bonds. The van der Waals surface area contributed by atoms with Crippen LogP contribution < -0.4 is 5.32 Å². The van der Waals surface area contributed by atoms with Crippen molar-refractivity contribution in [2.24, 2.45) is 0 Å². The molecule has 0 saturated carbocycles. The fourth-order valence-corrected chi connectivity index (χ4v) is 3.16. The molecule has 1 saturated heterocycles.